The molecule has 1 aliphatic heterocycles. The van der Waals surface area contributed by atoms with E-state index in [1.54, 1.807) is 7.11 Å². The minimum absolute atomic E-state index is 0.142. The number of piperidine rings is 1. The topological polar surface area (TPSA) is 85.5 Å². The highest BCUT2D eigenvalue weighted by Crippen LogP contribution is 2.43. The van der Waals surface area contributed by atoms with Crippen molar-refractivity contribution >= 4 is 32.2 Å². The van der Waals surface area contributed by atoms with E-state index in [9.17, 15) is 8.42 Å². The Morgan fingerprint density at radius 1 is 1.40 bits per heavy atom. The van der Waals surface area contributed by atoms with Crippen LogP contribution in [-0.2, 0) is 14.6 Å². The molecule has 1 aliphatic carbocycles. The summed E-state index contributed by atoms with van der Waals surface area (Å²) in [4.78, 5) is 2.31. The third kappa shape index (κ3) is 2.40. The van der Waals surface area contributed by atoms with Crippen LogP contribution in [0.2, 0.25) is 0 Å². The van der Waals surface area contributed by atoms with Crippen molar-refractivity contribution in [2.45, 2.75) is 41.9 Å². The molecular weight excluding hydrogens is 298 g/mol. The summed E-state index contributed by atoms with van der Waals surface area (Å²) in [6.07, 6.45) is 3.60. The van der Waals surface area contributed by atoms with E-state index in [0.717, 1.165) is 32.2 Å². The Bertz CT molecular complexity index is 595. The molecule has 3 rings (SSSR count). The minimum Gasteiger partial charge on any atom is -0.382 e. The lowest BCUT2D eigenvalue weighted by molar-refractivity contribution is 0.0894. The van der Waals surface area contributed by atoms with E-state index in [1.807, 2.05) is 0 Å². The fraction of sp³-hybridized carbons (Fsp3) is 0.750. The van der Waals surface area contributed by atoms with Crippen LogP contribution >= 0.6 is 11.5 Å². The number of nitrogens with two attached hydrogens (primary N) is 1. The first-order chi connectivity index (χ1) is 9.54. The Morgan fingerprint density at radius 2 is 2.15 bits per heavy atom. The maximum Gasteiger partial charge on any atom is 0.187 e. The molecular formula is C12H19N3O3S2. The molecule has 0 spiro atoms. The molecule has 0 aromatic carbocycles. The van der Waals surface area contributed by atoms with E-state index in [2.05, 4.69) is 9.27 Å². The van der Waals surface area contributed by atoms with Crippen LogP contribution in [0.15, 0.2) is 4.90 Å². The third-order valence-corrected chi connectivity index (χ3v) is 7.28. The van der Waals surface area contributed by atoms with Gasteiger partial charge in [0.2, 0.25) is 0 Å². The van der Waals surface area contributed by atoms with Crippen molar-refractivity contribution in [3.63, 3.8) is 0 Å². The Hall–Kier alpha value is -0.860. The van der Waals surface area contributed by atoms with E-state index in [4.69, 9.17) is 10.5 Å². The summed E-state index contributed by atoms with van der Waals surface area (Å²) >= 11 is 1.18. The molecule has 6 nitrogen and oxygen atoms in total. The molecule has 1 saturated heterocycles. The molecule has 0 amide bonds. The highest BCUT2D eigenvalue weighted by atomic mass is 32.2. The van der Waals surface area contributed by atoms with Crippen molar-refractivity contribution in [2.75, 3.05) is 30.8 Å². The molecule has 0 bridgehead atoms. The van der Waals surface area contributed by atoms with Crippen molar-refractivity contribution in [2.24, 2.45) is 0 Å². The van der Waals surface area contributed by atoms with E-state index >= 15 is 0 Å². The quantitative estimate of drug-likeness (QED) is 0.900. The van der Waals surface area contributed by atoms with Gasteiger partial charge in [-0.05, 0) is 37.2 Å². The number of rotatable bonds is 4. The number of hydrogen-bond donors (Lipinski definition) is 1. The number of nitrogens with zero attached hydrogens (tertiary/aromatic N) is 2. The molecule has 1 unspecified atom stereocenters. The van der Waals surface area contributed by atoms with Crippen molar-refractivity contribution in [1.82, 2.24) is 4.37 Å². The summed E-state index contributed by atoms with van der Waals surface area (Å²) < 4.78 is 34.5. The van der Waals surface area contributed by atoms with Gasteiger partial charge in [0.25, 0.3) is 0 Å². The number of hydrogen-bond acceptors (Lipinski definition) is 7. The van der Waals surface area contributed by atoms with Gasteiger partial charge >= 0.3 is 0 Å². The van der Waals surface area contributed by atoms with Crippen LogP contribution in [0, 0.1) is 0 Å². The molecule has 2 fully saturated rings. The second-order valence-electron chi connectivity index (χ2n) is 5.39. The maximum atomic E-state index is 12.5. The monoisotopic (exact) mass is 317 g/mol. The minimum atomic E-state index is -3.32. The van der Waals surface area contributed by atoms with Crippen LogP contribution in [0.4, 0.5) is 10.8 Å². The Labute approximate surface area is 123 Å². The van der Waals surface area contributed by atoms with Gasteiger partial charge in [0.05, 0.1) is 11.4 Å². The average molecular weight is 317 g/mol. The molecule has 1 atom stereocenters. The summed E-state index contributed by atoms with van der Waals surface area (Å²) in [5, 5.41) is 0.430. The highest BCUT2D eigenvalue weighted by molar-refractivity contribution is 7.92. The summed E-state index contributed by atoms with van der Waals surface area (Å²) in [6, 6.07) is 0. The van der Waals surface area contributed by atoms with Gasteiger partial charge in [0.15, 0.2) is 15.7 Å². The number of methoxy groups -OCH3 is 1. The van der Waals surface area contributed by atoms with Gasteiger partial charge in [0.1, 0.15) is 9.90 Å². The van der Waals surface area contributed by atoms with Crippen LogP contribution in [-0.4, -0.2) is 44.3 Å². The van der Waals surface area contributed by atoms with Crippen molar-refractivity contribution in [1.29, 1.82) is 0 Å². The second kappa shape index (κ2) is 5.16. The van der Waals surface area contributed by atoms with E-state index < -0.39 is 9.84 Å². The lowest BCUT2D eigenvalue weighted by Gasteiger charge is -2.32. The van der Waals surface area contributed by atoms with Crippen LogP contribution in [0.25, 0.3) is 0 Å². The van der Waals surface area contributed by atoms with E-state index in [1.165, 1.54) is 11.5 Å². The first-order valence-electron chi connectivity index (χ1n) is 6.81. The number of sulfone groups is 1. The van der Waals surface area contributed by atoms with Crippen molar-refractivity contribution in [3.8, 4) is 0 Å². The van der Waals surface area contributed by atoms with Gasteiger partial charge < -0.3 is 15.4 Å². The molecule has 1 aromatic rings. The molecule has 1 saturated carbocycles. The van der Waals surface area contributed by atoms with Gasteiger partial charge in [-0.3, -0.25) is 0 Å². The lowest BCUT2D eigenvalue weighted by Crippen LogP contribution is -2.39. The zero-order valence-corrected chi connectivity index (χ0v) is 13.0. The molecule has 112 valence electrons. The van der Waals surface area contributed by atoms with Gasteiger partial charge in [0, 0.05) is 20.2 Å². The first-order valence-corrected chi connectivity index (χ1v) is 9.12. The standard InChI is InChI=1S/C12H19N3O3S2/c1-18-8-3-2-6-15(7-8)12-10(11(13)14-19-12)20(16,17)9-4-5-9/h8-9H,2-7H2,1H3,(H2,13,14). The number of ether oxygens (including phenoxy) is 1. The molecule has 8 heteroatoms. The van der Waals surface area contributed by atoms with Crippen molar-refractivity contribution < 1.29 is 13.2 Å². The molecule has 20 heavy (non-hydrogen) atoms. The molecule has 2 N–H and O–H groups in total. The molecule has 2 aliphatic rings. The fourth-order valence-electron chi connectivity index (χ4n) is 2.61. The predicted molar refractivity (Wildman–Crippen MR) is 79.0 cm³/mol. The number of aromatic nitrogens is 1. The summed E-state index contributed by atoms with van der Waals surface area (Å²) in [5.74, 6) is 0.149. The van der Waals surface area contributed by atoms with Crippen LogP contribution in [0.3, 0.4) is 0 Å². The molecule has 2 heterocycles. The third-order valence-electron chi connectivity index (χ3n) is 3.90. The lowest BCUT2D eigenvalue weighted by atomic mass is 10.1. The predicted octanol–water partition coefficient (Wildman–Crippen LogP) is 1.28. The number of nitrogen functional groups attached to an aromatic ring is 1. The van der Waals surface area contributed by atoms with E-state index in [0.29, 0.717) is 11.5 Å². The fourth-order valence-corrected chi connectivity index (χ4v) is 5.68. The van der Waals surface area contributed by atoms with Gasteiger partial charge in [-0.1, -0.05) is 0 Å². The zero-order chi connectivity index (χ0) is 14.3. The normalized spacial score (nSPS) is 24.1. The first kappa shape index (κ1) is 14.1. The largest absolute Gasteiger partial charge is 0.382 e. The smallest absolute Gasteiger partial charge is 0.187 e. The van der Waals surface area contributed by atoms with Crippen molar-refractivity contribution in [3.05, 3.63) is 0 Å². The maximum absolute atomic E-state index is 12.5. The Morgan fingerprint density at radius 3 is 2.80 bits per heavy atom. The van der Waals surface area contributed by atoms with Crippen LogP contribution < -0.4 is 10.6 Å². The Kier molecular flexibility index (Phi) is 3.64. The van der Waals surface area contributed by atoms with Gasteiger partial charge in [-0.15, -0.1) is 0 Å². The van der Waals surface area contributed by atoms with E-state index in [-0.39, 0.29) is 22.1 Å². The second-order valence-corrected chi connectivity index (χ2v) is 8.31. The SMILES string of the molecule is COC1CCCN(c2snc(N)c2S(=O)(=O)C2CC2)C1. The summed E-state index contributed by atoms with van der Waals surface area (Å²) in [7, 11) is -1.63. The molecule has 1 aromatic heterocycles. The average Bonchev–Trinajstić information content (AvgIpc) is 3.22. The zero-order valence-electron chi connectivity index (χ0n) is 11.4. The highest BCUT2D eigenvalue weighted by Gasteiger charge is 2.42. The number of anilines is 2. The molecule has 0 radical (unpaired) electrons. The summed E-state index contributed by atoms with van der Waals surface area (Å²) in [6.45, 7) is 1.53. The van der Waals surface area contributed by atoms with Crippen LogP contribution in [0.1, 0.15) is 25.7 Å². The van der Waals surface area contributed by atoms with Gasteiger partial charge in [-0.2, -0.15) is 4.37 Å². The summed E-state index contributed by atoms with van der Waals surface area (Å²) in [5.41, 5.74) is 5.83. The van der Waals surface area contributed by atoms with Gasteiger partial charge in [-0.25, -0.2) is 8.42 Å². The van der Waals surface area contributed by atoms with Crippen LogP contribution in [0.5, 0.6) is 0 Å². The Balaban J connectivity index is 1.94.